The molecule has 0 bridgehead atoms. The fourth-order valence-corrected chi connectivity index (χ4v) is 0. The maximum atomic E-state index is 9.44. The van der Waals surface area contributed by atoms with E-state index in [9.17, 15) is 4.79 Å². The molecular weight excluding hydrogens is 98.9 g/mol. The third kappa shape index (κ3) is 1830. The molecule has 0 saturated carbocycles. The van der Waals surface area contributed by atoms with Crippen LogP contribution < -0.4 is 0 Å². The Balaban J connectivity index is 0. The molecule has 48 valence electrons. The van der Waals surface area contributed by atoms with Crippen molar-refractivity contribution in [1.82, 2.24) is 0 Å². The largest absolute Gasteiger partial charge is 0.300 e. The highest BCUT2D eigenvalue weighted by molar-refractivity contribution is 6.54. The van der Waals surface area contributed by atoms with Crippen LogP contribution >= 0.6 is 0 Å². The van der Waals surface area contributed by atoms with Crippen LogP contribution in [-0.2, 0) is 4.79 Å². The Hall–Kier alpha value is -0.265. The van der Waals surface area contributed by atoms with Crippen LogP contribution in [0.3, 0.4) is 0 Å². The van der Waals surface area contributed by atoms with Crippen LogP contribution in [0, 0.1) is 0 Å². The molecule has 8 heavy (non-hydrogen) atoms. The molecule has 0 spiro atoms. The van der Waals surface area contributed by atoms with Crippen molar-refractivity contribution < 1.29 is 4.79 Å². The first-order chi connectivity index (χ1) is 3.46. The standard InChI is InChI=1S/C3H9B.C3H6O/c1-4(2)3;1-3(2)4/h1-3H3;1-2H3. The summed E-state index contributed by atoms with van der Waals surface area (Å²) in [4.78, 5) is 9.44. The van der Waals surface area contributed by atoms with Gasteiger partial charge in [0, 0.05) is 0 Å². The Morgan fingerprint density at radius 1 is 1.12 bits per heavy atom. The topological polar surface area (TPSA) is 17.1 Å². The normalized spacial score (nSPS) is 6.62. The zero-order valence-corrected chi connectivity index (χ0v) is 6.49. The second-order valence-corrected chi connectivity index (χ2v) is 2.64. The summed E-state index contributed by atoms with van der Waals surface area (Å²) in [5, 5.41) is 0. The van der Waals surface area contributed by atoms with Gasteiger partial charge in [0.05, 0.1) is 0 Å². The van der Waals surface area contributed by atoms with Gasteiger partial charge in [-0.25, -0.2) is 0 Å². The average Bonchev–Trinajstić information content (AvgIpc) is 1.25. The smallest absolute Gasteiger partial charge is 0.130 e. The summed E-state index contributed by atoms with van der Waals surface area (Å²) in [5.74, 6) is 0.167. The third-order valence-electron chi connectivity index (χ3n) is 0. The number of rotatable bonds is 0. The van der Waals surface area contributed by atoms with Crippen LogP contribution in [-0.4, -0.2) is 12.5 Å². The summed E-state index contributed by atoms with van der Waals surface area (Å²) in [6.07, 6.45) is 0. The summed E-state index contributed by atoms with van der Waals surface area (Å²) in [6.45, 7) is 10.4. The van der Waals surface area contributed by atoms with Gasteiger partial charge in [-0.3, -0.25) is 0 Å². The van der Waals surface area contributed by atoms with Crippen molar-refractivity contribution in [3.63, 3.8) is 0 Å². The Morgan fingerprint density at radius 3 is 1.12 bits per heavy atom. The zero-order chi connectivity index (χ0) is 7.15. The van der Waals surface area contributed by atoms with Gasteiger partial charge in [0.1, 0.15) is 12.5 Å². The van der Waals surface area contributed by atoms with Gasteiger partial charge in [-0.15, -0.1) is 0 Å². The molecule has 0 aliphatic rings. The van der Waals surface area contributed by atoms with E-state index < -0.39 is 0 Å². The second kappa shape index (κ2) is 6.73. The molecule has 0 aliphatic heterocycles. The highest BCUT2D eigenvalue weighted by Crippen LogP contribution is 1.68. The van der Waals surface area contributed by atoms with Crippen LogP contribution in [0.2, 0.25) is 20.5 Å². The minimum absolute atomic E-state index is 0.167. The molecule has 2 heteroatoms. The van der Waals surface area contributed by atoms with E-state index in [4.69, 9.17) is 0 Å². The van der Waals surface area contributed by atoms with E-state index in [0.29, 0.717) is 0 Å². The zero-order valence-electron chi connectivity index (χ0n) is 6.49. The minimum Gasteiger partial charge on any atom is -0.300 e. The SMILES string of the molecule is CB(C)C.CC(C)=O. The van der Waals surface area contributed by atoms with Crippen molar-refractivity contribution in [1.29, 1.82) is 0 Å². The summed E-state index contributed by atoms with van der Waals surface area (Å²) in [7, 11) is 0. The summed E-state index contributed by atoms with van der Waals surface area (Å²) >= 11 is 0. The quantitative estimate of drug-likeness (QED) is 0.440. The van der Waals surface area contributed by atoms with Gasteiger partial charge in [-0.2, -0.15) is 0 Å². The molecular formula is C6H15BO. The molecule has 0 rings (SSSR count). The lowest BCUT2D eigenvalue weighted by Crippen LogP contribution is -1.84. The average molecular weight is 114 g/mol. The van der Waals surface area contributed by atoms with E-state index >= 15 is 0 Å². The predicted molar refractivity (Wildman–Crippen MR) is 39.7 cm³/mol. The third-order valence-corrected chi connectivity index (χ3v) is 0. The molecule has 0 aromatic carbocycles. The molecule has 0 fully saturated rings. The monoisotopic (exact) mass is 114 g/mol. The molecule has 1 nitrogen and oxygen atoms in total. The Morgan fingerprint density at radius 2 is 1.12 bits per heavy atom. The lowest BCUT2D eigenvalue weighted by Gasteiger charge is -1.71. The van der Waals surface area contributed by atoms with Gasteiger partial charge in [-0.1, -0.05) is 20.5 Å². The van der Waals surface area contributed by atoms with Crippen LogP contribution in [0.5, 0.6) is 0 Å². The Bertz CT molecular complexity index is 52.8. The fraction of sp³-hybridized carbons (Fsp3) is 0.833. The van der Waals surface area contributed by atoms with Crippen molar-refractivity contribution in [3.05, 3.63) is 0 Å². The van der Waals surface area contributed by atoms with Crippen LogP contribution in [0.15, 0.2) is 0 Å². The molecule has 0 N–H and O–H groups in total. The molecule has 0 aromatic rings. The number of Topliss-reactive ketones (excluding diaryl/α,β-unsaturated/α-hetero) is 1. The number of hydrogen-bond acceptors (Lipinski definition) is 1. The van der Waals surface area contributed by atoms with Crippen LogP contribution in [0.1, 0.15) is 13.8 Å². The first-order valence-electron chi connectivity index (χ1n) is 2.94. The van der Waals surface area contributed by atoms with E-state index in [1.807, 2.05) is 0 Å². The van der Waals surface area contributed by atoms with E-state index in [-0.39, 0.29) is 5.78 Å². The number of carbonyl (C=O) groups is 1. The molecule has 0 aliphatic carbocycles. The molecule has 0 atom stereocenters. The highest BCUT2D eigenvalue weighted by atomic mass is 16.1. The summed E-state index contributed by atoms with van der Waals surface area (Å²) in [6, 6.07) is 0. The van der Waals surface area contributed by atoms with Crippen molar-refractivity contribution >= 4 is 12.5 Å². The number of ketones is 1. The van der Waals surface area contributed by atoms with E-state index in [1.54, 1.807) is 0 Å². The fourth-order valence-electron chi connectivity index (χ4n) is 0. The van der Waals surface area contributed by atoms with Gasteiger partial charge in [0.25, 0.3) is 0 Å². The lowest BCUT2D eigenvalue weighted by molar-refractivity contribution is -0.114. The maximum Gasteiger partial charge on any atom is 0.130 e. The van der Waals surface area contributed by atoms with Crippen LogP contribution in [0.4, 0.5) is 0 Å². The molecule has 0 unspecified atom stereocenters. The lowest BCUT2D eigenvalue weighted by atomic mass is 9.58. The van der Waals surface area contributed by atoms with Gasteiger partial charge >= 0.3 is 0 Å². The molecule has 0 aromatic heterocycles. The molecule has 0 amide bonds. The van der Waals surface area contributed by atoms with Crippen molar-refractivity contribution in [3.8, 4) is 0 Å². The highest BCUT2D eigenvalue weighted by Gasteiger charge is 1.76. The Labute approximate surface area is 52.6 Å². The molecule has 0 saturated heterocycles. The van der Waals surface area contributed by atoms with E-state index in [0.717, 1.165) is 6.71 Å². The summed E-state index contributed by atoms with van der Waals surface area (Å²) in [5.41, 5.74) is 0. The van der Waals surface area contributed by atoms with Crippen LogP contribution in [0.25, 0.3) is 0 Å². The minimum atomic E-state index is 0.167. The van der Waals surface area contributed by atoms with Gasteiger partial charge < -0.3 is 4.79 Å². The van der Waals surface area contributed by atoms with Gasteiger partial charge in [-0.05, 0) is 13.8 Å². The summed E-state index contributed by atoms with van der Waals surface area (Å²) < 4.78 is 0. The first-order valence-corrected chi connectivity index (χ1v) is 2.94. The first kappa shape index (κ1) is 10.7. The molecule has 0 radical (unpaired) electrons. The second-order valence-electron chi connectivity index (χ2n) is 2.64. The van der Waals surface area contributed by atoms with E-state index in [1.165, 1.54) is 13.8 Å². The predicted octanol–water partition coefficient (Wildman–Crippen LogP) is 1.97. The van der Waals surface area contributed by atoms with Crippen molar-refractivity contribution in [2.75, 3.05) is 0 Å². The molecule has 0 heterocycles. The number of hydrogen-bond donors (Lipinski definition) is 0. The van der Waals surface area contributed by atoms with Gasteiger partial charge in [0.2, 0.25) is 0 Å². The van der Waals surface area contributed by atoms with Crippen molar-refractivity contribution in [2.24, 2.45) is 0 Å². The van der Waals surface area contributed by atoms with E-state index in [2.05, 4.69) is 20.5 Å². The van der Waals surface area contributed by atoms with Crippen molar-refractivity contribution in [2.45, 2.75) is 34.3 Å². The maximum absolute atomic E-state index is 9.44. The number of carbonyl (C=O) groups excluding carboxylic acids is 1. The Kier molecular flexibility index (Phi) is 8.98. The van der Waals surface area contributed by atoms with Gasteiger partial charge in [0.15, 0.2) is 0 Å².